The second-order valence-electron chi connectivity index (χ2n) is 3.93. The molecule has 89 valence electrons. The number of hydrogen-bond donors (Lipinski definition) is 0. The van der Waals surface area contributed by atoms with E-state index in [2.05, 4.69) is 0 Å². The molecule has 1 aliphatic rings. The van der Waals surface area contributed by atoms with Gasteiger partial charge in [-0.2, -0.15) is 0 Å². The lowest BCUT2D eigenvalue weighted by Gasteiger charge is -2.13. The fourth-order valence-corrected chi connectivity index (χ4v) is 2.63. The SMILES string of the molecule is CS(=O)(=O)C1=CC[CH]C(c2cccc(Cl)c2)=C1. The van der Waals surface area contributed by atoms with Crippen LogP contribution in [0.15, 0.2) is 41.3 Å². The van der Waals surface area contributed by atoms with Gasteiger partial charge in [-0.05, 0) is 42.2 Å². The van der Waals surface area contributed by atoms with Crippen LogP contribution >= 0.6 is 11.6 Å². The van der Waals surface area contributed by atoms with E-state index in [4.69, 9.17) is 11.6 Å². The largest absolute Gasteiger partial charge is 0.224 e. The highest BCUT2D eigenvalue weighted by Gasteiger charge is 2.14. The number of benzene rings is 1. The molecule has 0 saturated heterocycles. The molecule has 17 heavy (non-hydrogen) atoms. The van der Waals surface area contributed by atoms with Crippen LogP contribution in [0.1, 0.15) is 12.0 Å². The van der Waals surface area contributed by atoms with Crippen molar-refractivity contribution in [3.63, 3.8) is 0 Å². The Balaban J connectivity index is 2.41. The third kappa shape index (κ3) is 2.99. The van der Waals surface area contributed by atoms with E-state index in [1.807, 2.05) is 24.6 Å². The van der Waals surface area contributed by atoms with Gasteiger partial charge in [-0.15, -0.1) is 0 Å². The van der Waals surface area contributed by atoms with E-state index in [0.717, 1.165) is 11.1 Å². The summed E-state index contributed by atoms with van der Waals surface area (Å²) < 4.78 is 23.0. The number of halogens is 1. The molecule has 2 nitrogen and oxygen atoms in total. The van der Waals surface area contributed by atoms with Crippen LogP contribution < -0.4 is 0 Å². The van der Waals surface area contributed by atoms with Crippen LogP contribution in [0.25, 0.3) is 5.57 Å². The molecule has 0 spiro atoms. The van der Waals surface area contributed by atoms with Crippen LogP contribution in [0.2, 0.25) is 5.02 Å². The van der Waals surface area contributed by atoms with E-state index >= 15 is 0 Å². The van der Waals surface area contributed by atoms with Crippen LogP contribution in [-0.2, 0) is 9.84 Å². The van der Waals surface area contributed by atoms with Crippen LogP contribution in [0.5, 0.6) is 0 Å². The summed E-state index contributed by atoms with van der Waals surface area (Å²) in [5, 5.41) is 0.646. The Labute approximate surface area is 107 Å². The molecule has 1 radical (unpaired) electrons. The third-order valence-corrected chi connectivity index (χ3v) is 3.92. The number of allylic oxidation sites excluding steroid dienone is 3. The predicted octanol–water partition coefficient (Wildman–Crippen LogP) is 3.26. The zero-order valence-corrected chi connectivity index (χ0v) is 10.9. The van der Waals surface area contributed by atoms with Gasteiger partial charge in [0.15, 0.2) is 9.84 Å². The standard InChI is InChI=1S/C13H12ClO2S/c1-17(15,16)13-7-3-5-11(9-13)10-4-2-6-12(14)8-10/h2,4-9H,3H2,1H3. The molecular formula is C13H12ClO2S. The smallest absolute Gasteiger partial charge is 0.175 e. The van der Waals surface area contributed by atoms with Crippen molar-refractivity contribution in [1.82, 2.24) is 0 Å². The molecule has 0 heterocycles. The lowest BCUT2D eigenvalue weighted by Crippen LogP contribution is -2.03. The lowest BCUT2D eigenvalue weighted by molar-refractivity contribution is 0.608. The molecular weight excluding hydrogens is 256 g/mol. The topological polar surface area (TPSA) is 34.1 Å². The molecule has 0 fully saturated rings. The molecule has 1 aromatic rings. The van der Waals surface area contributed by atoms with Gasteiger partial charge < -0.3 is 0 Å². The highest BCUT2D eigenvalue weighted by Crippen LogP contribution is 2.28. The Morgan fingerprint density at radius 3 is 2.71 bits per heavy atom. The highest BCUT2D eigenvalue weighted by molar-refractivity contribution is 7.94. The first-order chi connectivity index (χ1) is 7.97. The van der Waals surface area contributed by atoms with Gasteiger partial charge in [-0.1, -0.05) is 29.8 Å². The molecule has 2 rings (SSSR count). The first kappa shape index (κ1) is 12.4. The van der Waals surface area contributed by atoms with E-state index in [1.54, 1.807) is 18.2 Å². The quantitative estimate of drug-likeness (QED) is 0.824. The summed E-state index contributed by atoms with van der Waals surface area (Å²) in [7, 11) is -3.15. The fourth-order valence-electron chi connectivity index (χ4n) is 1.70. The minimum Gasteiger partial charge on any atom is -0.224 e. The van der Waals surface area contributed by atoms with Gasteiger partial charge in [-0.25, -0.2) is 8.42 Å². The van der Waals surface area contributed by atoms with Crippen molar-refractivity contribution in [3.8, 4) is 0 Å². The molecule has 0 aromatic heterocycles. The fraction of sp³-hybridized carbons (Fsp3) is 0.154. The molecule has 0 saturated carbocycles. The van der Waals surface area contributed by atoms with Gasteiger partial charge in [0.05, 0.1) is 4.91 Å². The molecule has 4 heteroatoms. The van der Waals surface area contributed by atoms with Crippen molar-refractivity contribution >= 4 is 27.0 Å². The van der Waals surface area contributed by atoms with E-state index < -0.39 is 9.84 Å². The van der Waals surface area contributed by atoms with Gasteiger partial charge in [0, 0.05) is 11.3 Å². The van der Waals surface area contributed by atoms with Gasteiger partial charge in [0.1, 0.15) is 0 Å². The summed E-state index contributed by atoms with van der Waals surface area (Å²) in [6, 6.07) is 7.39. The second-order valence-corrected chi connectivity index (χ2v) is 6.38. The van der Waals surface area contributed by atoms with Crippen molar-refractivity contribution < 1.29 is 8.42 Å². The van der Waals surface area contributed by atoms with Gasteiger partial charge in [0.25, 0.3) is 0 Å². The number of hydrogen-bond acceptors (Lipinski definition) is 2. The Hall–Kier alpha value is -1.06. The van der Waals surface area contributed by atoms with Crippen molar-refractivity contribution in [2.24, 2.45) is 0 Å². The highest BCUT2D eigenvalue weighted by atomic mass is 35.5. The van der Waals surface area contributed by atoms with Crippen molar-refractivity contribution in [1.29, 1.82) is 0 Å². The first-order valence-corrected chi connectivity index (χ1v) is 7.45. The molecule has 0 amide bonds. The number of sulfone groups is 1. The molecule has 0 N–H and O–H groups in total. The minimum absolute atomic E-state index is 0.370. The maximum absolute atomic E-state index is 11.5. The average Bonchev–Trinajstić information content (AvgIpc) is 2.28. The molecule has 0 atom stereocenters. The normalized spacial score (nSPS) is 16.4. The third-order valence-electron chi connectivity index (χ3n) is 2.54. The summed E-state index contributed by atoms with van der Waals surface area (Å²) in [5.74, 6) is 0. The molecule has 1 aromatic carbocycles. The Bertz CT molecular complexity index is 598. The summed E-state index contributed by atoms with van der Waals surface area (Å²) in [6.07, 6.45) is 7.23. The van der Waals surface area contributed by atoms with Crippen LogP contribution in [0, 0.1) is 6.42 Å². The minimum atomic E-state index is -3.15. The Morgan fingerprint density at radius 1 is 1.29 bits per heavy atom. The predicted molar refractivity (Wildman–Crippen MR) is 71.3 cm³/mol. The second kappa shape index (κ2) is 4.67. The Morgan fingerprint density at radius 2 is 2.06 bits per heavy atom. The van der Waals surface area contributed by atoms with Gasteiger partial charge in [0.2, 0.25) is 0 Å². The summed E-state index contributed by atoms with van der Waals surface area (Å²) in [5.41, 5.74) is 1.84. The molecule has 0 bridgehead atoms. The van der Waals surface area contributed by atoms with Crippen LogP contribution in [0.4, 0.5) is 0 Å². The van der Waals surface area contributed by atoms with Crippen molar-refractivity contribution in [2.75, 3.05) is 6.26 Å². The Kier molecular flexibility index (Phi) is 3.40. The molecule has 0 unspecified atom stereocenters. The summed E-state index contributed by atoms with van der Waals surface area (Å²) >= 11 is 5.92. The maximum Gasteiger partial charge on any atom is 0.175 e. The van der Waals surface area contributed by atoms with E-state index in [-0.39, 0.29) is 0 Å². The number of rotatable bonds is 2. The van der Waals surface area contributed by atoms with Crippen LogP contribution in [0.3, 0.4) is 0 Å². The van der Waals surface area contributed by atoms with Gasteiger partial charge >= 0.3 is 0 Å². The summed E-state index contributed by atoms with van der Waals surface area (Å²) in [6.45, 7) is 0. The van der Waals surface area contributed by atoms with E-state index in [0.29, 0.717) is 16.3 Å². The average molecular weight is 268 g/mol. The zero-order chi connectivity index (χ0) is 12.5. The van der Waals surface area contributed by atoms with Crippen molar-refractivity contribution in [3.05, 3.63) is 58.3 Å². The lowest BCUT2D eigenvalue weighted by atomic mass is 9.97. The zero-order valence-electron chi connectivity index (χ0n) is 9.35. The molecule has 0 aliphatic heterocycles. The molecule has 1 aliphatic carbocycles. The van der Waals surface area contributed by atoms with E-state index in [1.165, 1.54) is 6.26 Å². The maximum atomic E-state index is 11.5. The first-order valence-electron chi connectivity index (χ1n) is 5.18. The van der Waals surface area contributed by atoms with E-state index in [9.17, 15) is 8.42 Å². The van der Waals surface area contributed by atoms with Gasteiger partial charge in [-0.3, -0.25) is 0 Å². The van der Waals surface area contributed by atoms with Crippen molar-refractivity contribution in [2.45, 2.75) is 6.42 Å². The monoisotopic (exact) mass is 267 g/mol. The summed E-state index contributed by atoms with van der Waals surface area (Å²) in [4.78, 5) is 0.370. The van der Waals surface area contributed by atoms with Crippen LogP contribution in [-0.4, -0.2) is 14.7 Å².